The SMILES string of the molecule is CC(C)CN1CCOC(CNC(=O)c2ccc(F)cc2F)C1. The molecule has 0 spiro atoms. The van der Waals surface area contributed by atoms with Crippen molar-refractivity contribution in [3.05, 3.63) is 35.4 Å². The average Bonchev–Trinajstić information content (AvgIpc) is 2.44. The first-order valence-corrected chi connectivity index (χ1v) is 7.53. The predicted octanol–water partition coefficient (Wildman–Crippen LogP) is 2.05. The van der Waals surface area contributed by atoms with Gasteiger partial charge in [-0.3, -0.25) is 9.69 Å². The summed E-state index contributed by atoms with van der Waals surface area (Å²) in [6, 6.07) is 2.92. The zero-order chi connectivity index (χ0) is 16.1. The molecule has 1 aromatic carbocycles. The van der Waals surface area contributed by atoms with Crippen molar-refractivity contribution < 1.29 is 18.3 Å². The molecular formula is C16H22F2N2O2. The summed E-state index contributed by atoms with van der Waals surface area (Å²) < 4.78 is 32.0. The summed E-state index contributed by atoms with van der Waals surface area (Å²) in [5.41, 5.74) is -0.156. The van der Waals surface area contributed by atoms with Crippen LogP contribution in [0.3, 0.4) is 0 Å². The highest BCUT2D eigenvalue weighted by Gasteiger charge is 2.22. The molecule has 1 heterocycles. The second-order valence-corrected chi connectivity index (χ2v) is 5.98. The predicted molar refractivity (Wildman–Crippen MR) is 79.7 cm³/mol. The Bertz CT molecular complexity index is 523. The second-order valence-electron chi connectivity index (χ2n) is 5.98. The highest BCUT2D eigenvalue weighted by atomic mass is 19.1. The molecule has 1 amide bonds. The number of amides is 1. The third-order valence-electron chi connectivity index (χ3n) is 3.51. The summed E-state index contributed by atoms with van der Waals surface area (Å²) in [5, 5.41) is 2.65. The molecule has 4 nitrogen and oxygen atoms in total. The summed E-state index contributed by atoms with van der Waals surface area (Å²) >= 11 is 0. The van der Waals surface area contributed by atoms with Crippen molar-refractivity contribution in [2.24, 2.45) is 5.92 Å². The molecule has 0 bridgehead atoms. The van der Waals surface area contributed by atoms with E-state index in [9.17, 15) is 13.6 Å². The van der Waals surface area contributed by atoms with Crippen LogP contribution in [-0.2, 0) is 4.74 Å². The third-order valence-corrected chi connectivity index (χ3v) is 3.51. The summed E-state index contributed by atoms with van der Waals surface area (Å²) in [6.45, 7) is 7.86. The average molecular weight is 312 g/mol. The molecule has 1 aliphatic rings. The number of nitrogens with one attached hydrogen (secondary N) is 1. The summed E-state index contributed by atoms with van der Waals surface area (Å²) in [5.74, 6) is -1.54. The fourth-order valence-electron chi connectivity index (χ4n) is 2.56. The van der Waals surface area contributed by atoms with Gasteiger partial charge in [0.2, 0.25) is 0 Å². The first kappa shape index (κ1) is 16.8. The van der Waals surface area contributed by atoms with Crippen molar-refractivity contribution >= 4 is 5.91 Å². The van der Waals surface area contributed by atoms with Crippen LogP contribution in [0.2, 0.25) is 0 Å². The van der Waals surface area contributed by atoms with Crippen molar-refractivity contribution in [2.45, 2.75) is 20.0 Å². The summed E-state index contributed by atoms with van der Waals surface area (Å²) in [4.78, 5) is 14.2. The lowest BCUT2D eigenvalue weighted by Gasteiger charge is -2.33. The van der Waals surface area contributed by atoms with Crippen molar-refractivity contribution in [1.82, 2.24) is 10.2 Å². The van der Waals surface area contributed by atoms with Gasteiger partial charge in [-0.05, 0) is 18.1 Å². The van der Waals surface area contributed by atoms with Crippen LogP contribution < -0.4 is 5.32 Å². The Balaban J connectivity index is 1.85. The molecule has 1 N–H and O–H groups in total. The number of morpholine rings is 1. The lowest BCUT2D eigenvalue weighted by atomic mass is 10.1. The Hall–Kier alpha value is -1.53. The maximum Gasteiger partial charge on any atom is 0.254 e. The number of ether oxygens (including phenoxy) is 1. The molecule has 0 radical (unpaired) electrons. The molecule has 0 saturated carbocycles. The monoisotopic (exact) mass is 312 g/mol. The van der Waals surface area contributed by atoms with Gasteiger partial charge in [-0.15, -0.1) is 0 Å². The van der Waals surface area contributed by atoms with Gasteiger partial charge in [0.15, 0.2) is 0 Å². The number of carbonyl (C=O) groups excluding carboxylic acids is 1. The molecule has 122 valence electrons. The molecule has 6 heteroatoms. The van der Waals surface area contributed by atoms with Crippen LogP contribution >= 0.6 is 0 Å². The minimum Gasteiger partial charge on any atom is -0.374 e. The Morgan fingerprint density at radius 3 is 2.91 bits per heavy atom. The van der Waals surface area contributed by atoms with Gasteiger partial charge in [-0.1, -0.05) is 13.8 Å². The summed E-state index contributed by atoms with van der Waals surface area (Å²) in [7, 11) is 0. The van der Waals surface area contributed by atoms with E-state index in [0.717, 1.165) is 31.8 Å². The molecule has 0 aliphatic carbocycles. The van der Waals surface area contributed by atoms with Gasteiger partial charge >= 0.3 is 0 Å². The molecule has 1 fully saturated rings. The Morgan fingerprint density at radius 1 is 1.45 bits per heavy atom. The van der Waals surface area contributed by atoms with Crippen molar-refractivity contribution in [3.63, 3.8) is 0 Å². The van der Waals surface area contributed by atoms with E-state index in [0.29, 0.717) is 25.1 Å². The van der Waals surface area contributed by atoms with Gasteiger partial charge < -0.3 is 10.1 Å². The van der Waals surface area contributed by atoms with Crippen LogP contribution in [0, 0.1) is 17.6 Å². The van der Waals surface area contributed by atoms with Gasteiger partial charge in [0.25, 0.3) is 5.91 Å². The Kier molecular flexibility index (Phi) is 5.85. The Labute approximate surface area is 129 Å². The van der Waals surface area contributed by atoms with Crippen LogP contribution in [0.4, 0.5) is 8.78 Å². The van der Waals surface area contributed by atoms with Crippen LogP contribution in [0.5, 0.6) is 0 Å². The normalized spacial score (nSPS) is 19.4. The van der Waals surface area contributed by atoms with Crippen molar-refractivity contribution in [2.75, 3.05) is 32.8 Å². The molecule has 1 saturated heterocycles. The maximum atomic E-state index is 13.5. The number of carbonyl (C=O) groups is 1. The third kappa shape index (κ3) is 4.74. The topological polar surface area (TPSA) is 41.6 Å². The molecule has 1 aliphatic heterocycles. The lowest BCUT2D eigenvalue weighted by Crippen LogP contribution is -2.48. The van der Waals surface area contributed by atoms with Crippen LogP contribution in [0.1, 0.15) is 24.2 Å². The highest BCUT2D eigenvalue weighted by Crippen LogP contribution is 2.10. The molecule has 1 atom stereocenters. The quantitative estimate of drug-likeness (QED) is 0.905. The zero-order valence-electron chi connectivity index (χ0n) is 12.9. The van der Waals surface area contributed by atoms with Crippen LogP contribution in [0.25, 0.3) is 0 Å². The minimum absolute atomic E-state index is 0.111. The summed E-state index contributed by atoms with van der Waals surface area (Å²) in [6.07, 6.45) is -0.111. The van der Waals surface area contributed by atoms with E-state index >= 15 is 0 Å². The van der Waals surface area contributed by atoms with E-state index < -0.39 is 17.5 Å². The number of halogens is 2. The molecule has 2 rings (SSSR count). The van der Waals surface area contributed by atoms with E-state index in [-0.39, 0.29) is 11.7 Å². The maximum absolute atomic E-state index is 13.5. The fraction of sp³-hybridized carbons (Fsp3) is 0.562. The molecule has 0 aromatic heterocycles. The molecular weight excluding hydrogens is 290 g/mol. The smallest absolute Gasteiger partial charge is 0.254 e. The van der Waals surface area contributed by atoms with Gasteiger partial charge in [0.1, 0.15) is 11.6 Å². The van der Waals surface area contributed by atoms with Crippen molar-refractivity contribution in [1.29, 1.82) is 0 Å². The number of hydrogen-bond acceptors (Lipinski definition) is 3. The van der Waals surface area contributed by atoms with Gasteiger partial charge in [-0.25, -0.2) is 8.78 Å². The second kappa shape index (κ2) is 7.65. The molecule has 22 heavy (non-hydrogen) atoms. The lowest BCUT2D eigenvalue weighted by molar-refractivity contribution is -0.0295. The fourth-order valence-corrected chi connectivity index (χ4v) is 2.56. The van der Waals surface area contributed by atoms with Gasteiger partial charge in [0, 0.05) is 32.2 Å². The Morgan fingerprint density at radius 2 is 2.23 bits per heavy atom. The minimum atomic E-state index is -0.858. The number of nitrogens with zero attached hydrogens (tertiary/aromatic N) is 1. The zero-order valence-corrected chi connectivity index (χ0v) is 12.9. The first-order valence-electron chi connectivity index (χ1n) is 7.53. The van der Waals surface area contributed by atoms with E-state index in [2.05, 4.69) is 24.1 Å². The first-order chi connectivity index (χ1) is 10.5. The van der Waals surface area contributed by atoms with E-state index in [4.69, 9.17) is 4.74 Å². The highest BCUT2D eigenvalue weighted by molar-refractivity contribution is 5.94. The van der Waals surface area contributed by atoms with Crippen LogP contribution in [0.15, 0.2) is 18.2 Å². The number of benzene rings is 1. The van der Waals surface area contributed by atoms with Gasteiger partial charge in [-0.2, -0.15) is 0 Å². The van der Waals surface area contributed by atoms with E-state index in [1.165, 1.54) is 0 Å². The molecule has 1 aromatic rings. The number of hydrogen-bond donors (Lipinski definition) is 1. The van der Waals surface area contributed by atoms with E-state index in [1.807, 2.05) is 0 Å². The molecule has 1 unspecified atom stereocenters. The van der Waals surface area contributed by atoms with Crippen molar-refractivity contribution in [3.8, 4) is 0 Å². The number of rotatable bonds is 5. The standard InChI is InChI=1S/C16H22F2N2O2/c1-11(2)9-20-5-6-22-13(10-20)8-19-16(21)14-4-3-12(17)7-15(14)18/h3-4,7,11,13H,5-6,8-10H2,1-2H3,(H,19,21). The van der Waals surface area contributed by atoms with Crippen LogP contribution in [-0.4, -0.2) is 49.7 Å². The largest absolute Gasteiger partial charge is 0.374 e. The van der Waals surface area contributed by atoms with E-state index in [1.54, 1.807) is 0 Å². The van der Waals surface area contributed by atoms with Gasteiger partial charge in [0.05, 0.1) is 18.3 Å².